The number of anilines is 1. The van der Waals surface area contributed by atoms with Gasteiger partial charge in [0.2, 0.25) is 5.91 Å². The lowest BCUT2D eigenvalue weighted by Gasteiger charge is -2.04. The molecular weight excluding hydrogens is 200 g/mol. The Morgan fingerprint density at radius 1 is 1.38 bits per heavy atom. The second kappa shape index (κ2) is 5.12. The highest BCUT2D eigenvalue weighted by Gasteiger charge is 2.16. The molecule has 0 atom stereocenters. The third-order valence-corrected chi connectivity index (χ3v) is 2.94. The third-order valence-electron chi connectivity index (χ3n) is 2.94. The van der Waals surface area contributed by atoms with Crippen molar-refractivity contribution in [3.05, 3.63) is 29.3 Å². The van der Waals surface area contributed by atoms with Crippen LogP contribution in [0.2, 0.25) is 0 Å². The predicted molar refractivity (Wildman–Crippen MR) is 65.6 cm³/mol. The first-order valence-corrected chi connectivity index (χ1v) is 5.86. The van der Waals surface area contributed by atoms with Gasteiger partial charge in [-0.05, 0) is 50.0 Å². The fourth-order valence-electron chi connectivity index (χ4n) is 2.07. The minimum atomic E-state index is 0.113. The molecule has 2 rings (SSSR count). The summed E-state index contributed by atoms with van der Waals surface area (Å²) in [6.45, 7) is 1.07. The summed E-state index contributed by atoms with van der Waals surface area (Å²) in [6, 6.07) is 6.30. The van der Waals surface area contributed by atoms with Gasteiger partial charge in [-0.2, -0.15) is 0 Å². The van der Waals surface area contributed by atoms with E-state index in [1.807, 2.05) is 13.1 Å². The zero-order chi connectivity index (χ0) is 11.4. The first kappa shape index (κ1) is 11.1. The normalized spacial score (nSPS) is 13.7. The molecule has 1 aliphatic rings. The molecule has 3 heteroatoms. The Kier molecular flexibility index (Phi) is 3.57. The number of fused-ring (bicyclic) bond motifs is 1. The fraction of sp³-hybridized carbons (Fsp3) is 0.462. The first-order valence-electron chi connectivity index (χ1n) is 5.86. The van der Waals surface area contributed by atoms with Gasteiger partial charge in [0.15, 0.2) is 0 Å². The van der Waals surface area contributed by atoms with Crippen LogP contribution in [0.4, 0.5) is 5.69 Å². The summed E-state index contributed by atoms with van der Waals surface area (Å²) >= 11 is 0. The van der Waals surface area contributed by atoms with Gasteiger partial charge in [0, 0.05) is 5.69 Å². The lowest BCUT2D eigenvalue weighted by Crippen LogP contribution is -2.07. The van der Waals surface area contributed by atoms with Crippen molar-refractivity contribution in [1.82, 2.24) is 5.32 Å². The zero-order valence-corrected chi connectivity index (χ0v) is 9.68. The van der Waals surface area contributed by atoms with Gasteiger partial charge in [0.25, 0.3) is 0 Å². The Bertz CT molecular complexity index is 388. The predicted octanol–water partition coefficient (Wildman–Crippen LogP) is 1.72. The molecule has 3 nitrogen and oxygen atoms in total. The van der Waals surface area contributed by atoms with Gasteiger partial charge < -0.3 is 10.6 Å². The van der Waals surface area contributed by atoms with Crippen LogP contribution < -0.4 is 10.6 Å². The minimum absolute atomic E-state index is 0.113. The van der Waals surface area contributed by atoms with Crippen LogP contribution in [0, 0.1) is 0 Å². The summed E-state index contributed by atoms with van der Waals surface area (Å²) in [7, 11) is 1.98. The van der Waals surface area contributed by atoms with Crippen LogP contribution in [-0.2, 0) is 17.6 Å². The number of amides is 1. The van der Waals surface area contributed by atoms with Crippen molar-refractivity contribution in [1.29, 1.82) is 0 Å². The molecule has 0 saturated heterocycles. The highest BCUT2D eigenvalue weighted by molar-refractivity contribution is 5.99. The number of nitrogens with one attached hydrogen (secondary N) is 2. The van der Waals surface area contributed by atoms with Gasteiger partial charge in [0.1, 0.15) is 0 Å². The molecule has 0 fully saturated rings. The highest BCUT2D eigenvalue weighted by Crippen LogP contribution is 2.24. The van der Waals surface area contributed by atoms with Crippen molar-refractivity contribution in [2.24, 2.45) is 0 Å². The zero-order valence-electron chi connectivity index (χ0n) is 9.68. The SMILES string of the molecule is CNCCCCc1ccc2c(c1)CC(=O)N2. The van der Waals surface area contributed by atoms with E-state index in [-0.39, 0.29) is 5.91 Å². The van der Waals surface area contributed by atoms with Crippen LogP contribution in [0.15, 0.2) is 18.2 Å². The maximum Gasteiger partial charge on any atom is 0.228 e. The molecule has 0 bridgehead atoms. The van der Waals surface area contributed by atoms with E-state index in [4.69, 9.17) is 0 Å². The Morgan fingerprint density at radius 3 is 3.06 bits per heavy atom. The molecule has 1 heterocycles. The van der Waals surface area contributed by atoms with Crippen molar-refractivity contribution >= 4 is 11.6 Å². The lowest BCUT2D eigenvalue weighted by atomic mass is 10.0. The van der Waals surface area contributed by atoms with Gasteiger partial charge in [0.05, 0.1) is 6.42 Å². The molecule has 1 aliphatic heterocycles. The quantitative estimate of drug-likeness (QED) is 0.739. The lowest BCUT2D eigenvalue weighted by molar-refractivity contribution is -0.115. The molecular formula is C13H18N2O. The molecule has 0 radical (unpaired) electrons. The Labute approximate surface area is 96.2 Å². The average Bonchev–Trinajstić information content (AvgIpc) is 2.64. The van der Waals surface area contributed by atoms with Crippen molar-refractivity contribution in [3.63, 3.8) is 0 Å². The Morgan fingerprint density at radius 2 is 2.25 bits per heavy atom. The number of hydrogen-bond acceptors (Lipinski definition) is 2. The van der Waals surface area contributed by atoms with Crippen LogP contribution in [0.25, 0.3) is 0 Å². The minimum Gasteiger partial charge on any atom is -0.326 e. The monoisotopic (exact) mass is 218 g/mol. The first-order chi connectivity index (χ1) is 7.79. The van der Waals surface area contributed by atoms with Crippen molar-refractivity contribution in [2.75, 3.05) is 18.9 Å². The summed E-state index contributed by atoms with van der Waals surface area (Å²) in [5.41, 5.74) is 3.48. The highest BCUT2D eigenvalue weighted by atomic mass is 16.1. The fourth-order valence-corrected chi connectivity index (χ4v) is 2.07. The molecule has 16 heavy (non-hydrogen) atoms. The number of carbonyl (C=O) groups excluding carboxylic acids is 1. The van der Waals surface area contributed by atoms with Crippen LogP contribution in [0.3, 0.4) is 0 Å². The van der Waals surface area contributed by atoms with Gasteiger partial charge >= 0.3 is 0 Å². The van der Waals surface area contributed by atoms with Crippen molar-refractivity contribution < 1.29 is 4.79 Å². The average molecular weight is 218 g/mol. The molecule has 1 aromatic carbocycles. The second-order valence-electron chi connectivity index (χ2n) is 4.28. The Hall–Kier alpha value is -1.35. The van der Waals surface area contributed by atoms with Gasteiger partial charge in [-0.1, -0.05) is 12.1 Å². The van der Waals surface area contributed by atoms with E-state index >= 15 is 0 Å². The molecule has 0 spiro atoms. The standard InChI is InChI=1S/C13H18N2O/c1-14-7-3-2-4-10-5-6-12-11(8-10)9-13(16)15-12/h5-6,8,14H,2-4,7,9H2,1H3,(H,15,16). The summed E-state index contributed by atoms with van der Waals surface area (Å²) in [4.78, 5) is 11.2. The molecule has 2 N–H and O–H groups in total. The van der Waals surface area contributed by atoms with Crippen LogP contribution in [0.1, 0.15) is 24.0 Å². The number of rotatable bonds is 5. The van der Waals surface area contributed by atoms with E-state index in [0.29, 0.717) is 6.42 Å². The van der Waals surface area contributed by atoms with Gasteiger partial charge in [-0.25, -0.2) is 0 Å². The molecule has 0 aliphatic carbocycles. The maximum absolute atomic E-state index is 11.2. The summed E-state index contributed by atoms with van der Waals surface area (Å²) in [5.74, 6) is 0.113. The van der Waals surface area contributed by atoms with Crippen LogP contribution in [-0.4, -0.2) is 19.5 Å². The summed E-state index contributed by atoms with van der Waals surface area (Å²) < 4.78 is 0. The van der Waals surface area contributed by atoms with E-state index in [9.17, 15) is 4.79 Å². The van der Waals surface area contributed by atoms with Gasteiger partial charge in [-0.15, -0.1) is 0 Å². The van der Waals surface area contributed by atoms with Gasteiger partial charge in [-0.3, -0.25) is 4.79 Å². The maximum atomic E-state index is 11.2. The second-order valence-corrected chi connectivity index (χ2v) is 4.28. The van der Waals surface area contributed by atoms with Crippen LogP contribution >= 0.6 is 0 Å². The topological polar surface area (TPSA) is 41.1 Å². The van der Waals surface area contributed by atoms with E-state index in [1.165, 1.54) is 18.4 Å². The van der Waals surface area contributed by atoms with Crippen LogP contribution in [0.5, 0.6) is 0 Å². The number of carbonyl (C=O) groups is 1. The largest absolute Gasteiger partial charge is 0.326 e. The molecule has 0 saturated carbocycles. The molecule has 86 valence electrons. The molecule has 1 amide bonds. The molecule has 0 aromatic heterocycles. The number of aryl methyl sites for hydroxylation is 1. The van der Waals surface area contributed by atoms with Crippen molar-refractivity contribution in [3.8, 4) is 0 Å². The van der Waals surface area contributed by atoms with Crippen molar-refractivity contribution in [2.45, 2.75) is 25.7 Å². The molecule has 1 aromatic rings. The van der Waals surface area contributed by atoms with E-state index in [0.717, 1.165) is 24.2 Å². The molecule has 0 unspecified atom stereocenters. The third kappa shape index (κ3) is 2.61. The number of unbranched alkanes of at least 4 members (excludes halogenated alkanes) is 1. The number of hydrogen-bond donors (Lipinski definition) is 2. The summed E-state index contributed by atoms with van der Waals surface area (Å²) in [6.07, 6.45) is 4.04. The Balaban J connectivity index is 1.92. The summed E-state index contributed by atoms with van der Waals surface area (Å²) in [5, 5.41) is 6.00. The van der Waals surface area contributed by atoms with E-state index in [2.05, 4.69) is 22.8 Å². The van der Waals surface area contributed by atoms with E-state index < -0.39 is 0 Å². The smallest absolute Gasteiger partial charge is 0.228 e. The number of benzene rings is 1. The van der Waals surface area contributed by atoms with E-state index in [1.54, 1.807) is 0 Å².